The molecule has 0 unspecified atom stereocenters. The summed E-state index contributed by atoms with van der Waals surface area (Å²) in [6.07, 6.45) is 8.72. The van der Waals surface area contributed by atoms with E-state index in [1.807, 2.05) is 37.3 Å². The Morgan fingerprint density at radius 2 is 2.00 bits per heavy atom. The zero-order valence-electron chi connectivity index (χ0n) is 15.4. The first kappa shape index (κ1) is 17.4. The summed E-state index contributed by atoms with van der Waals surface area (Å²) in [5.74, 6) is 0.816. The Labute approximate surface area is 158 Å². The van der Waals surface area contributed by atoms with Crippen LogP contribution < -0.4 is 10.2 Å². The van der Waals surface area contributed by atoms with Crippen molar-refractivity contribution in [1.82, 2.24) is 20.3 Å². The first-order chi connectivity index (χ1) is 13.2. The lowest BCUT2D eigenvalue weighted by Crippen LogP contribution is -2.30. The molecule has 1 fully saturated rings. The van der Waals surface area contributed by atoms with Crippen LogP contribution in [0.2, 0.25) is 0 Å². The van der Waals surface area contributed by atoms with Crippen molar-refractivity contribution in [3.63, 3.8) is 0 Å². The molecule has 1 N–H and O–H groups in total. The topological polar surface area (TPSA) is 71.0 Å². The Morgan fingerprint density at radius 3 is 2.78 bits per heavy atom. The number of nitrogens with zero attached hydrogens (tertiary/aromatic N) is 4. The lowest BCUT2D eigenvalue weighted by Gasteiger charge is -2.28. The molecule has 6 nitrogen and oxygen atoms in total. The highest BCUT2D eigenvalue weighted by atomic mass is 16.1. The fraction of sp³-hybridized carbons (Fsp3) is 0.333. The van der Waals surface area contributed by atoms with Gasteiger partial charge in [-0.25, -0.2) is 9.97 Å². The molecule has 4 rings (SSSR count). The van der Waals surface area contributed by atoms with Gasteiger partial charge in [-0.05, 0) is 56.0 Å². The Hall–Kier alpha value is -3.02. The smallest absolute Gasteiger partial charge is 0.251 e. The van der Waals surface area contributed by atoms with Gasteiger partial charge in [0.2, 0.25) is 0 Å². The van der Waals surface area contributed by atoms with Crippen LogP contribution in [-0.2, 0) is 0 Å². The number of hydrogen-bond acceptors (Lipinski definition) is 5. The van der Waals surface area contributed by atoms with Crippen molar-refractivity contribution in [2.45, 2.75) is 32.2 Å². The van der Waals surface area contributed by atoms with Crippen LogP contribution in [0.5, 0.6) is 0 Å². The van der Waals surface area contributed by atoms with E-state index in [1.54, 1.807) is 18.7 Å². The minimum Gasteiger partial charge on any atom is -0.356 e. The molecule has 138 valence electrons. The minimum atomic E-state index is -0.115. The number of carbonyl (C=O) groups excluding carboxylic acids is 1. The number of fused-ring (bicyclic) bond motifs is 1. The minimum absolute atomic E-state index is 0.110. The summed E-state index contributed by atoms with van der Waals surface area (Å²) >= 11 is 0. The van der Waals surface area contributed by atoms with E-state index in [1.165, 1.54) is 19.3 Å². The number of pyridine rings is 1. The van der Waals surface area contributed by atoms with Gasteiger partial charge in [-0.3, -0.25) is 9.78 Å². The van der Waals surface area contributed by atoms with Crippen molar-refractivity contribution < 1.29 is 4.79 Å². The molecule has 0 radical (unpaired) electrons. The van der Waals surface area contributed by atoms with E-state index in [0.29, 0.717) is 5.56 Å². The van der Waals surface area contributed by atoms with Crippen LogP contribution in [0.1, 0.15) is 48.1 Å². The standard InChI is InChI=1S/C21H23N5O/c1-15(17-6-5-9-22-13-17)25-21(27)16-7-8-19-18(12-16)20(24-14-23-19)26-10-3-2-4-11-26/h5-9,12-15H,2-4,10-11H2,1H3,(H,25,27)/t15-/m1/s1. The van der Waals surface area contributed by atoms with E-state index in [-0.39, 0.29) is 11.9 Å². The third-order valence-corrected chi connectivity index (χ3v) is 5.06. The lowest BCUT2D eigenvalue weighted by atomic mass is 10.1. The Kier molecular flexibility index (Phi) is 4.96. The summed E-state index contributed by atoms with van der Waals surface area (Å²) < 4.78 is 0. The molecule has 1 aliphatic rings. The predicted molar refractivity (Wildman–Crippen MR) is 106 cm³/mol. The SMILES string of the molecule is C[C@@H](NC(=O)c1ccc2ncnc(N3CCCCC3)c2c1)c1cccnc1. The fourth-order valence-electron chi connectivity index (χ4n) is 3.54. The van der Waals surface area contributed by atoms with E-state index in [4.69, 9.17) is 0 Å². The number of anilines is 1. The van der Waals surface area contributed by atoms with Crippen molar-refractivity contribution in [3.8, 4) is 0 Å². The second-order valence-corrected chi connectivity index (χ2v) is 6.96. The first-order valence-corrected chi connectivity index (χ1v) is 9.43. The van der Waals surface area contributed by atoms with Crippen molar-refractivity contribution in [2.24, 2.45) is 0 Å². The van der Waals surface area contributed by atoms with Gasteiger partial charge in [0.15, 0.2) is 0 Å². The van der Waals surface area contributed by atoms with Crippen molar-refractivity contribution in [3.05, 3.63) is 60.2 Å². The Bertz CT molecular complexity index is 938. The summed E-state index contributed by atoms with van der Waals surface area (Å²) in [6.45, 7) is 3.96. The Morgan fingerprint density at radius 1 is 1.15 bits per heavy atom. The van der Waals surface area contributed by atoms with Crippen LogP contribution in [0.4, 0.5) is 5.82 Å². The average Bonchev–Trinajstić information content (AvgIpc) is 2.74. The number of hydrogen-bond donors (Lipinski definition) is 1. The largest absolute Gasteiger partial charge is 0.356 e. The number of piperidine rings is 1. The van der Waals surface area contributed by atoms with Gasteiger partial charge < -0.3 is 10.2 Å². The maximum absolute atomic E-state index is 12.8. The van der Waals surface area contributed by atoms with E-state index >= 15 is 0 Å². The molecule has 3 aromatic rings. The van der Waals surface area contributed by atoms with Gasteiger partial charge in [0.05, 0.1) is 11.6 Å². The van der Waals surface area contributed by atoms with E-state index in [2.05, 4.69) is 25.2 Å². The Balaban J connectivity index is 1.61. The van der Waals surface area contributed by atoms with Gasteiger partial charge in [-0.2, -0.15) is 0 Å². The maximum Gasteiger partial charge on any atom is 0.251 e. The van der Waals surface area contributed by atoms with Gasteiger partial charge in [0.25, 0.3) is 5.91 Å². The van der Waals surface area contributed by atoms with E-state index in [0.717, 1.165) is 35.4 Å². The molecule has 1 saturated heterocycles. The molecule has 0 spiro atoms. The van der Waals surface area contributed by atoms with Crippen molar-refractivity contribution in [1.29, 1.82) is 0 Å². The van der Waals surface area contributed by atoms with E-state index in [9.17, 15) is 4.79 Å². The summed E-state index contributed by atoms with van der Waals surface area (Å²) in [5, 5.41) is 3.97. The van der Waals surface area contributed by atoms with Crippen molar-refractivity contribution >= 4 is 22.6 Å². The second kappa shape index (κ2) is 7.70. The van der Waals surface area contributed by atoms with Gasteiger partial charge in [-0.15, -0.1) is 0 Å². The molecular weight excluding hydrogens is 338 g/mol. The number of aromatic nitrogens is 3. The molecule has 0 aliphatic carbocycles. The number of nitrogens with one attached hydrogen (secondary N) is 1. The average molecular weight is 361 g/mol. The molecule has 6 heteroatoms. The van der Waals surface area contributed by atoms with Gasteiger partial charge >= 0.3 is 0 Å². The third-order valence-electron chi connectivity index (χ3n) is 5.06. The highest BCUT2D eigenvalue weighted by Gasteiger charge is 2.17. The normalized spacial score (nSPS) is 15.5. The van der Waals surface area contributed by atoms with Gasteiger partial charge in [-0.1, -0.05) is 6.07 Å². The molecule has 0 saturated carbocycles. The highest BCUT2D eigenvalue weighted by Crippen LogP contribution is 2.26. The molecular formula is C21H23N5O. The predicted octanol–water partition coefficient (Wildman–Crippen LogP) is 3.51. The van der Waals surface area contributed by atoms with Crippen LogP contribution in [0.15, 0.2) is 49.1 Å². The molecule has 1 aromatic carbocycles. The number of benzene rings is 1. The van der Waals surface area contributed by atoms with Gasteiger partial charge in [0, 0.05) is 36.4 Å². The summed E-state index contributed by atoms with van der Waals surface area (Å²) in [4.78, 5) is 28.1. The monoisotopic (exact) mass is 361 g/mol. The van der Waals surface area contributed by atoms with Crippen LogP contribution in [0, 0.1) is 0 Å². The second-order valence-electron chi connectivity index (χ2n) is 6.96. The summed E-state index contributed by atoms with van der Waals surface area (Å²) in [6, 6.07) is 9.34. The molecule has 0 bridgehead atoms. The number of amides is 1. The number of rotatable bonds is 4. The molecule has 27 heavy (non-hydrogen) atoms. The third kappa shape index (κ3) is 3.74. The van der Waals surface area contributed by atoms with Crippen LogP contribution in [-0.4, -0.2) is 33.9 Å². The molecule has 1 atom stereocenters. The van der Waals surface area contributed by atoms with Crippen molar-refractivity contribution in [2.75, 3.05) is 18.0 Å². The number of carbonyl (C=O) groups is 1. The molecule has 1 amide bonds. The zero-order valence-corrected chi connectivity index (χ0v) is 15.4. The lowest BCUT2D eigenvalue weighted by molar-refractivity contribution is 0.0940. The zero-order chi connectivity index (χ0) is 18.6. The first-order valence-electron chi connectivity index (χ1n) is 9.43. The van der Waals surface area contributed by atoms with Gasteiger partial charge in [0.1, 0.15) is 12.1 Å². The fourth-order valence-corrected chi connectivity index (χ4v) is 3.54. The van der Waals surface area contributed by atoms with Crippen LogP contribution in [0.3, 0.4) is 0 Å². The van der Waals surface area contributed by atoms with Crippen LogP contribution >= 0.6 is 0 Å². The molecule has 2 aromatic heterocycles. The quantitative estimate of drug-likeness (QED) is 0.770. The van der Waals surface area contributed by atoms with Crippen LogP contribution in [0.25, 0.3) is 10.9 Å². The maximum atomic E-state index is 12.8. The van der Waals surface area contributed by atoms with E-state index < -0.39 is 0 Å². The molecule has 3 heterocycles. The summed E-state index contributed by atoms with van der Waals surface area (Å²) in [5.41, 5.74) is 2.46. The molecule has 1 aliphatic heterocycles. The highest BCUT2D eigenvalue weighted by molar-refractivity contribution is 6.00. The summed E-state index contributed by atoms with van der Waals surface area (Å²) in [7, 11) is 0.